The summed E-state index contributed by atoms with van der Waals surface area (Å²) in [6.07, 6.45) is 0.507. The Morgan fingerprint density at radius 2 is 2.00 bits per heavy atom. The summed E-state index contributed by atoms with van der Waals surface area (Å²) in [4.78, 5) is 22.7. The lowest BCUT2D eigenvalue weighted by molar-refractivity contribution is -0.122. The molecule has 3 N–H and O–H groups in total. The molecule has 0 saturated carbocycles. The summed E-state index contributed by atoms with van der Waals surface area (Å²) in [5, 5.41) is 18.8. The summed E-state index contributed by atoms with van der Waals surface area (Å²) in [7, 11) is 0. The van der Waals surface area contributed by atoms with Crippen LogP contribution in [0.4, 0.5) is 0 Å². The van der Waals surface area contributed by atoms with Gasteiger partial charge in [-0.15, -0.1) is 0 Å². The van der Waals surface area contributed by atoms with E-state index in [1.54, 1.807) is 0 Å². The van der Waals surface area contributed by atoms with Crippen LogP contribution in [0.25, 0.3) is 0 Å². The first-order valence-corrected chi connectivity index (χ1v) is 7.31. The van der Waals surface area contributed by atoms with Crippen molar-refractivity contribution in [1.29, 1.82) is 0 Å². The highest BCUT2D eigenvalue weighted by Gasteiger charge is 2.10. The van der Waals surface area contributed by atoms with Crippen LogP contribution in [0.15, 0.2) is 16.8 Å². The molecule has 106 valence electrons. The van der Waals surface area contributed by atoms with Gasteiger partial charge < -0.3 is 15.7 Å². The lowest BCUT2D eigenvalue weighted by Gasteiger charge is -2.10. The summed E-state index contributed by atoms with van der Waals surface area (Å²) in [6, 6.07) is 1.83. The number of rotatable bonds is 8. The highest BCUT2D eigenvalue weighted by atomic mass is 32.1. The Morgan fingerprint density at radius 1 is 1.32 bits per heavy atom. The van der Waals surface area contributed by atoms with Crippen molar-refractivity contribution in [3.63, 3.8) is 0 Å². The second-order valence-electron chi connectivity index (χ2n) is 4.18. The zero-order valence-corrected chi connectivity index (χ0v) is 11.8. The maximum atomic E-state index is 11.5. The van der Waals surface area contributed by atoms with Crippen LogP contribution < -0.4 is 10.6 Å². The van der Waals surface area contributed by atoms with Gasteiger partial charge in [-0.3, -0.25) is 9.59 Å². The second-order valence-corrected chi connectivity index (χ2v) is 4.96. The predicted octanol–water partition coefficient (Wildman–Crippen LogP) is 1.20. The average molecular weight is 284 g/mol. The van der Waals surface area contributed by atoms with Crippen LogP contribution in [0.1, 0.15) is 37.9 Å². The van der Waals surface area contributed by atoms with Gasteiger partial charge in [0.1, 0.15) is 0 Å². The summed E-state index contributed by atoms with van der Waals surface area (Å²) in [5.74, 6) is -0.174. The molecule has 2 amide bonds. The third-order valence-corrected chi connectivity index (χ3v) is 3.30. The Labute approximate surface area is 117 Å². The molecule has 5 nitrogen and oxygen atoms in total. The van der Waals surface area contributed by atoms with Crippen molar-refractivity contribution >= 4 is 23.2 Å². The lowest BCUT2D eigenvalue weighted by atomic mass is 10.2. The number of carbonyl (C=O) groups excluding carboxylic acids is 2. The Morgan fingerprint density at radius 3 is 2.58 bits per heavy atom. The Balaban J connectivity index is 2.13. The van der Waals surface area contributed by atoms with Gasteiger partial charge in [-0.2, -0.15) is 11.3 Å². The molecular weight excluding hydrogens is 264 g/mol. The minimum Gasteiger partial charge on any atom is -0.387 e. The summed E-state index contributed by atoms with van der Waals surface area (Å²) in [6.45, 7) is 2.67. The van der Waals surface area contributed by atoms with Crippen LogP contribution in [-0.4, -0.2) is 30.0 Å². The molecule has 1 unspecified atom stereocenters. The van der Waals surface area contributed by atoms with E-state index >= 15 is 0 Å². The van der Waals surface area contributed by atoms with Crippen molar-refractivity contribution in [2.75, 3.05) is 13.1 Å². The molecule has 0 spiro atoms. The Hall–Kier alpha value is -1.40. The van der Waals surface area contributed by atoms with E-state index in [1.165, 1.54) is 11.3 Å². The van der Waals surface area contributed by atoms with Crippen LogP contribution in [0.5, 0.6) is 0 Å². The fourth-order valence-electron chi connectivity index (χ4n) is 1.58. The van der Waals surface area contributed by atoms with E-state index in [0.717, 1.165) is 5.56 Å². The van der Waals surface area contributed by atoms with E-state index in [0.29, 0.717) is 25.8 Å². The summed E-state index contributed by atoms with van der Waals surface area (Å²) >= 11 is 1.51. The number of amides is 2. The molecule has 0 bridgehead atoms. The minimum absolute atomic E-state index is 0.0337. The number of carbonyl (C=O) groups is 2. The van der Waals surface area contributed by atoms with Crippen LogP contribution in [0.3, 0.4) is 0 Å². The van der Waals surface area contributed by atoms with Gasteiger partial charge in [0.15, 0.2) is 0 Å². The normalized spacial score (nSPS) is 11.9. The van der Waals surface area contributed by atoms with Crippen LogP contribution in [0.2, 0.25) is 0 Å². The third kappa shape index (κ3) is 6.35. The molecule has 1 rings (SSSR count). The van der Waals surface area contributed by atoms with Gasteiger partial charge >= 0.3 is 0 Å². The lowest BCUT2D eigenvalue weighted by Crippen LogP contribution is -2.28. The van der Waals surface area contributed by atoms with Crippen LogP contribution in [0, 0.1) is 0 Å². The molecule has 1 atom stereocenters. The largest absolute Gasteiger partial charge is 0.387 e. The number of hydrogen-bond donors (Lipinski definition) is 3. The molecule has 0 aromatic carbocycles. The predicted molar refractivity (Wildman–Crippen MR) is 74.8 cm³/mol. The molecule has 0 saturated heterocycles. The fourth-order valence-corrected chi connectivity index (χ4v) is 2.28. The van der Waals surface area contributed by atoms with E-state index in [9.17, 15) is 14.7 Å². The van der Waals surface area contributed by atoms with Gasteiger partial charge in [0.25, 0.3) is 0 Å². The summed E-state index contributed by atoms with van der Waals surface area (Å²) < 4.78 is 0. The quantitative estimate of drug-likeness (QED) is 0.671. The molecule has 1 aromatic rings. The minimum atomic E-state index is -0.668. The van der Waals surface area contributed by atoms with Crippen molar-refractivity contribution in [3.8, 4) is 0 Å². The molecule has 19 heavy (non-hydrogen) atoms. The first kappa shape index (κ1) is 15.7. The van der Waals surface area contributed by atoms with Crippen molar-refractivity contribution in [3.05, 3.63) is 22.4 Å². The third-order valence-electron chi connectivity index (χ3n) is 2.60. The molecule has 0 aliphatic rings. The van der Waals surface area contributed by atoms with Crippen molar-refractivity contribution in [2.24, 2.45) is 0 Å². The molecule has 6 heteroatoms. The monoisotopic (exact) mass is 284 g/mol. The van der Waals surface area contributed by atoms with Gasteiger partial charge in [0, 0.05) is 25.9 Å². The van der Waals surface area contributed by atoms with Gasteiger partial charge in [0.05, 0.1) is 6.10 Å². The SMILES string of the molecule is CCNC(=O)CCCC(=O)NCC(O)c1ccsc1. The Bertz CT molecular complexity index is 393. The smallest absolute Gasteiger partial charge is 0.220 e. The van der Waals surface area contributed by atoms with Crippen molar-refractivity contribution < 1.29 is 14.7 Å². The van der Waals surface area contributed by atoms with E-state index in [4.69, 9.17) is 0 Å². The maximum absolute atomic E-state index is 11.5. The van der Waals surface area contributed by atoms with E-state index in [2.05, 4.69) is 10.6 Å². The van der Waals surface area contributed by atoms with Gasteiger partial charge in [-0.05, 0) is 35.7 Å². The molecule has 0 aliphatic heterocycles. The maximum Gasteiger partial charge on any atom is 0.220 e. The molecule has 0 radical (unpaired) electrons. The number of thiophene rings is 1. The first-order valence-electron chi connectivity index (χ1n) is 6.37. The molecular formula is C13H20N2O3S. The molecule has 0 aliphatic carbocycles. The molecule has 1 heterocycles. The van der Waals surface area contributed by atoms with Crippen molar-refractivity contribution in [1.82, 2.24) is 10.6 Å². The van der Waals surface area contributed by atoms with Gasteiger partial charge in [0.2, 0.25) is 11.8 Å². The van der Waals surface area contributed by atoms with Gasteiger partial charge in [-0.1, -0.05) is 0 Å². The zero-order chi connectivity index (χ0) is 14.1. The van der Waals surface area contributed by atoms with Crippen LogP contribution in [-0.2, 0) is 9.59 Å². The number of nitrogens with one attached hydrogen (secondary N) is 2. The number of aliphatic hydroxyl groups excluding tert-OH is 1. The highest BCUT2D eigenvalue weighted by Crippen LogP contribution is 2.15. The zero-order valence-electron chi connectivity index (χ0n) is 11.0. The average Bonchev–Trinajstić information content (AvgIpc) is 2.90. The molecule has 1 aromatic heterocycles. The summed E-state index contributed by atoms with van der Waals surface area (Å²) in [5.41, 5.74) is 0.813. The first-order chi connectivity index (χ1) is 9.13. The molecule has 0 fully saturated rings. The second kappa shape index (κ2) is 8.66. The Kier molecular flexibility index (Phi) is 7.14. The van der Waals surface area contributed by atoms with Crippen molar-refractivity contribution in [2.45, 2.75) is 32.3 Å². The van der Waals surface area contributed by atoms with Crippen LogP contribution >= 0.6 is 11.3 Å². The number of hydrogen-bond acceptors (Lipinski definition) is 4. The number of aliphatic hydroxyl groups is 1. The van der Waals surface area contributed by atoms with Gasteiger partial charge in [-0.25, -0.2) is 0 Å². The van der Waals surface area contributed by atoms with E-state index < -0.39 is 6.10 Å². The van der Waals surface area contributed by atoms with E-state index in [-0.39, 0.29) is 18.4 Å². The topological polar surface area (TPSA) is 78.4 Å². The standard InChI is InChI=1S/C13H20N2O3S/c1-2-14-12(17)4-3-5-13(18)15-8-11(16)10-6-7-19-9-10/h6-7,9,11,16H,2-5,8H2,1H3,(H,14,17)(H,15,18). The fraction of sp³-hybridized carbons (Fsp3) is 0.538. The highest BCUT2D eigenvalue weighted by molar-refractivity contribution is 7.07. The van der Waals surface area contributed by atoms with E-state index in [1.807, 2.05) is 23.8 Å².